The molecule has 5 heteroatoms. The van der Waals surface area contributed by atoms with Gasteiger partial charge in [-0.25, -0.2) is 0 Å². The van der Waals surface area contributed by atoms with Crippen LogP contribution in [-0.2, 0) is 6.42 Å². The Bertz CT molecular complexity index is 551. The zero-order valence-corrected chi connectivity index (χ0v) is 9.76. The average molecular weight is 246 g/mol. The van der Waals surface area contributed by atoms with E-state index in [2.05, 4.69) is 5.32 Å². The van der Waals surface area contributed by atoms with Gasteiger partial charge in [-0.15, -0.1) is 0 Å². The molecule has 3 rings (SSSR count). The van der Waals surface area contributed by atoms with E-state index in [0.717, 1.165) is 36.1 Å². The fourth-order valence-corrected chi connectivity index (χ4v) is 2.59. The lowest BCUT2D eigenvalue weighted by molar-refractivity contribution is 0.265. The summed E-state index contributed by atoms with van der Waals surface area (Å²) in [6, 6.07) is 5.92. The maximum atomic E-state index is 11.1. The van der Waals surface area contributed by atoms with Gasteiger partial charge in [0.05, 0.1) is 11.5 Å². The highest BCUT2D eigenvalue weighted by Gasteiger charge is 2.21. The highest BCUT2D eigenvalue weighted by atomic mass is 32.2. The Balaban J connectivity index is 1.93. The largest absolute Gasteiger partial charge is 0.493 e. The lowest BCUT2D eigenvalue weighted by Gasteiger charge is -2.00. The van der Waals surface area contributed by atoms with Crippen LogP contribution in [0.5, 0.6) is 5.75 Å². The Hall–Kier alpha value is -1.75. The molecule has 2 N–H and O–H groups in total. The second kappa shape index (κ2) is 3.92. The number of amides is 1. The van der Waals surface area contributed by atoms with Crippen LogP contribution in [0.1, 0.15) is 11.1 Å². The van der Waals surface area contributed by atoms with E-state index in [1.54, 1.807) is 0 Å². The second-order valence-corrected chi connectivity index (χ2v) is 4.88. The molecule has 4 nitrogen and oxygen atoms in total. The molecule has 1 fully saturated rings. The Morgan fingerprint density at radius 2 is 2.35 bits per heavy atom. The molecule has 1 aromatic carbocycles. The van der Waals surface area contributed by atoms with Crippen molar-refractivity contribution in [2.24, 2.45) is 0 Å². The molecule has 0 radical (unpaired) electrons. The molecule has 1 amide bonds. The van der Waals surface area contributed by atoms with Gasteiger partial charge in [-0.2, -0.15) is 0 Å². The van der Waals surface area contributed by atoms with Gasteiger partial charge in [0.2, 0.25) is 0 Å². The Labute approximate surface area is 103 Å². The van der Waals surface area contributed by atoms with Crippen LogP contribution in [0, 0.1) is 5.41 Å². The predicted molar refractivity (Wildman–Crippen MR) is 67.5 cm³/mol. The van der Waals surface area contributed by atoms with Crippen LogP contribution in [0.25, 0.3) is 6.08 Å². The van der Waals surface area contributed by atoms with Crippen molar-refractivity contribution in [3.05, 3.63) is 34.2 Å². The van der Waals surface area contributed by atoms with Crippen LogP contribution in [0.3, 0.4) is 0 Å². The van der Waals surface area contributed by atoms with E-state index in [1.165, 1.54) is 5.56 Å². The Morgan fingerprint density at radius 3 is 3.12 bits per heavy atom. The molecule has 2 heterocycles. The molecule has 0 saturated carbocycles. The van der Waals surface area contributed by atoms with Crippen molar-refractivity contribution >= 4 is 28.9 Å². The maximum Gasteiger partial charge on any atom is 0.289 e. The topological polar surface area (TPSA) is 62.2 Å². The van der Waals surface area contributed by atoms with Crippen LogP contribution in [0.4, 0.5) is 4.79 Å². The van der Waals surface area contributed by atoms with Gasteiger partial charge in [0.1, 0.15) is 11.6 Å². The van der Waals surface area contributed by atoms with Gasteiger partial charge in [0, 0.05) is 6.42 Å². The standard InChI is InChI=1S/C12H10N2O2S/c13-11-10(17-12(15)14-11)6-7-1-2-9-8(5-7)3-4-16-9/h1-2,5-6H,3-4H2,(H2,13,14,15). The van der Waals surface area contributed by atoms with Gasteiger partial charge >= 0.3 is 0 Å². The van der Waals surface area contributed by atoms with Crippen molar-refractivity contribution < 1.29 is 9.53 Å². The minimum atomic E-state index is -0.189. The molecular formula is C12H10N2O2S. The summed E-state index contributed by atoms with van der Waals surface area (Å²) in [4.78, 5) is 11.8. The normalized spacial score (nSPS) is 20.4. The number of rotatable bonds is 1. The highest BCUT2D eigenvalue weighted by Crippen LogP contribution is 2.29. The van der Waals surface area contributed by atoms with Crippen LogP contribution in [0.15, 0.2) is 23.1 Å². The van der Waals surface area contributed by atoms with Gasteiger partial charge in [-0.3, -0.25) is 10.2 Å². The SMILES string of the molecule is N=C1NC(=O)SC1=Cc1ccc2c(c1)CCO2. The minimum absolute atomic E-state index is 0.178. The zero-order valence-electron chi connectivity index (χ0n) is 8.95. The number of fused-ring (bicyclic) bond motifs is 1. The Morgan fingerprint density at radius 1 is 1.47 bits per heavy atom. The molecule has 0 atom stereocenters. The first-order chi connectivity index (χ1) is 8.22. The first kappa shape index (κ1) is 10.4. The first-order valence-electron chi connectivity index (χ1n) is 5.27. The van der Waals surface area contributed by atoms with E-state index in [-0.39, 0.29) is 11.1 Å². The van der Waals surface area contributed by atoms with E-state index in [4.69, 9.17) is 10.1 Å². The van der Waals surface area contributed by atoms with E-state index in [0.29, 0.717) is 4.91 Å². The molecule has 0 bridgehead atoms. The van der Waals surface area contributed by atoms with Crippen molar-refractivity contribution in [1.29, 1.82) is 5.41 Å². The number of thioether (sulfide) groups is 1. The number of amidine groups is 1. The summed E-state index contributed by atoms with van der Waals surface area (Å²) in [7, 11) is 0. The second-order valence-electron chi connectivity index (χ2n) is 3.86. The van der Waals surface area contributed by atoms with Gasteiger partial charge in [-0.1, -0.05) is 6.07 Å². The lowest BCUT2D eigenvalue weighted by atomic mass is 10.1. The summed E-state index contributed by atoms with van der Waals surface area (Å²) in [5.41, 5.74) is 2.19. The molecule has 1 aromatic rings. The molecule has 2 aliphatic heterocycles. The average Bonchev–Trinajstić information content (AvgIpc) is 2.85. The minimum Gasteiger partial charge on any atom is -0.493 e. The van der Waals surface area contributed by atoms with Crippen molar-refractivity contribution in [2.75, 3.05) is 6.61 Å². The van der Waals surface area contributed by atoms with Crippen molar-refractivity contribution in [3.8, 4) is 5.75 Å². The van der Waals surface area contributed by atoms with Crippen LogP contribution in [-0.4, -0.2) is 17.7 Å². The summed E-state index contributed by atoms with van der Waals surface area (Å²) in [6.07, 6.45) is 2.78. The number of hydrogen-bond donors (Lipinski definition) is 2. The smallest absolute Gasteiger partial charge is 0.289 e. The fraction of sp³-hybridized carbons (Fsp3) is 0.167. The quantitative estimate of drug-likeness (QED) is 0.799. The molecular weight excluding hydrogens is 236 g/mol. The van der Waals surface area contributed by atoms with Crippen LogP contribution < -0.4 is 10.1 Å². The van der Waals surface area contributed by atoms with E-state index < -0.39 is 0 Å². The molecule has 2 aliphatic rings. The molecule has 1 saturated heterocycles. The highest BCUT2D eigenvalue weighted by molar-refractivity contribution is 8.18. The molecule has 17 heavy (non-hydrogen) atoms. The van der Waals surface area contributed by atoms with Crippen molar-refractivity contribution in [2.45, 2.75) is 6.42 Å². The summed E-state index contributed by atoms with van der Waals surface area (Å²) >= 11 is 1.06. The van der Waals surface area contributed by atoms with Gasteiger partial charge in [0.25, 0.3) is 5.24 Å². The summed E-state index contributed by atoms with van der Waals surface area (Å²) in [5, 5.41) is 9.86. The number of benzene rings is 1. The van der Waals surface area contributed by atoms with Gasteiger partial charge < -0.3 is 10.1 Å². The third-order valence-electron chi connectivity index (χ3n) is 2.69. The van der Waals surface area contributed by atoms with Crippen LogP contribution >= 0.6 is 11.8 Å². The number of carbonyl (C=O) groups excluding carboxylic acids is 1. The fourth-order valence-electron chi connectivity index (χ4n) is 1.89. The van der Waals surface area contributed by atoms with E-state index in [1.807, 2.05) is 24.3 Å². The Kier molecular flexibility index (Phi) is 2.40. The van der Waals surface area contributed by atoms with Crippen LogP contribution in [0.2, 0.25) is 0 Å². The van der Waals surface area contributed by atoms with E-state index >= 15 is 0 Å². The van der Waals surface area contributed by atoms with Gasteiger partial charge in [0.15, 0.2) is 0 Å². The molecule has 0 aromatic heterocycles. The number of nitrogens with one attached hydrogen (secondary N) is 2. The summed E-state index contributed by atoms with van der Waals surface area (Å²) in [5.74, 6) is 1.12. The van der Waals surface area contributed by atoms with Gasteiger partial charge in [-0.05, 0) is 41.1 Å². The summed E-state index contributed by atoms with van der Waals surface area (Å²) < 4.78 is 5.43. The van der Waals surface area contributed by atoms with Crippen molar-refractivity contribution in [1.82, 2.24) is 5.32 Å². The molecule has 0 aliphatic carbocycles. The summed E-state index contributed by atoms with van der Waals surface area (Å²) in [6.45, 7) is 0.736. The third-order valence-corrected chi connectivity index (χ3v) is 3.52. The van der Waals surface area contributed by atoms with E-state index in [9.17, 15) is 4.79 Å². The zero-order chi connectivity index (χ0) is 11.8. The monoisotopic (exact) mass is 246 g/mol. The first-order valence-corrected chi connectivity index (χ1v) is 6.09. The number of carbonyl (C=O) groups is 1. The third kappa shape index (κ3) is 1.93. The van der Waals surface area contributed by atoms with Crippen molar-refractivity contribution in [3.63, 3.8) is 0 Å². The lowest BCUT2D eigenvalue weighted by Crippen LogP contribution is -2.17. The molecule has 0 spiro atoms. The molecule has 0 unspecified atom stereocenters. The molecule has 86 valence electrons. The predicted octanol–water partition coefficient (Wildman–Crippen LogP) is 2.40. The number of hydrogen-bond acceptors (Lipinski definition) is 4. The maximum absolute atomic E-state index is 11.1. The number of ether oxygens (including phenoxy) is 1.